The Kier molecular flexibility index (Phi) is 9.07. The van der Waals surface area contributed by atoms with Gasteiger partial charge in [-0.1, -0.05) is 0 Å². The molecule has 0 spiro atoms. The molecule has 73 heavy (non-hydrogen) atoms. The van der Waals surface area contributed by atoms with Crippen molar-refractivity contribution >= 4 is 129 Å². The number of benzene rings is 9. The van der Waals surface area contributed by atoms with Gasteiger partial charge in [0.1, 0.15) is 0 Å². The molecule has 0 unspecified atom stereocenters. The second-order valence-electron chi connectivity index (χ2n) is 22.5. The van der Waals surface area contributed by atoms with Gasteiger partial charge < -0.3 is 0 Å². The summed E-state index contributed by atoms with van der Waals surface area (Å²) < 4.78 is 2.82. The van der Waals surface area contributed by atoms with Gasteiger partial charge in [-0.2, -0.15) is 0 Å². The van der Waals surface area contributed by atoms with Gasteiger partial charge in [0.25, 0.3) is 0 Å². The third-order valence-corrected chi connectivity index (χ3v) is 18.9. The average molecular weight is 1000 g/mol. The van der Waals surface area contributed by atoms with Crippen LogP contribution >= 0.6 is 0 Å². The van der Waals surface area contributed by atoms with E-state index >= 15 is 0 Å². The summed E-state index contributed by atoms with van der Waals surface area (Å²) in [7, 11) is 0. The average Bonchev–Trinajstić information content (AvgIpc) is 3.84. The van der Waals surface area contributed by atoms with Crippen LogP contribution in [0.15, 0.2) is 206 Å². The van der Waals surface area contributed by atoms with E-state index in [0.29, 0.717) is 0 Å². The number of para-hydroxylation sites is 4. The van der Waals surface area contributed by atoms with Gasteiger partial charge in [-0.3, -0.25) is 0 Å². The zero-order chi connectivity index (χ0) is 49.1. The summed E-state index contributed by atoms with van der Waals surface area (Å²) in [5.74, 6) is 0. The topological polar surface area (TPSA) is 13.0 Å². The van der Waals surface area contributed by atoms with Crippen LogP contribution in [0.2, 0.25) is 0 Å². The van der Waals surface area contributed by atoms with Crippen LogP contribution in [0.5, 0.6) is 0 Å². The van der Waals surface area contributed by atoms with Crippen molar-refractivity contribution in [3.63, 3.8) is 0 Å². The molecular formula is C66H52B2N4Se. The van der Waals surface area contributed by atoms with Gasteiger partial charge in [0.15, 0.2) is 0 Å². The predicted octanol–water partition coefficient (Wildman–Crippen LogP) is 13.2. The van der Waals surface area contributed by atoms with Gasteiger partial charge in [0, 0.05) is 0 Å². The number of anilines is 12. The molecule has 7 heteroatoms. The molecule has 0 bridgehead atoms. The van der Waals surface area contributed by atoms with E-state index in [0.717, 1.165) is 0 Å². The molecule has 0 aliphatic carbocycles. The number of nitrogens with zero attached hydrogens (tertiary/aromatic N) is 4. The zero-order valence-corrected chi connectivity index (χ0v) is 43.7. The molecule has 10 aromatic rings. The standard InChI is InChI=1S/C66H52B2N4Se/c1-65(2,3)43-37-53-57-55(39-43)71-59-49(67(57)47-31-19-21-33-51(47)69(53)45-27-15-9-16-28-45)35-36-50-60(59)72(62-61(71)63(41-23-11-7-12-24-41)73-64(62)42-25-13-8-14-26-42)56-40-44(66(4,5)6)38-54-58(56)68(50)48-32-20-22-34-52(48)70(54)46-29-17-10-18-30-46/h7-40H,1-6H3. The first-order valence-electron chi connectivity index (χ1n) is 25.8. The van der Waals surface area contributed by atoms with Crippen molar-refractivity contribution in [1.29, 1.82) is 0 Å². The van der Waals surface area contributed by atoms with Crippen molar-refractivity contribution in [3.05, 3.63) is 217 Å². The molecule has 0 saturated heterocycles. The summed E-state index contributed by atoms with van der Waals surface area (Å²) in [6.07, 6.45) is 0. The molecular weight excluding hydrogens is 949 g/mol. The van der Waals surface area contributed by atoms with Crippen molar-refractivity contribution in [1.82, 2.24) is 0 Å². The van der Waals surface area contributed by atoms with E-state index in [1.165, 1.54) is 132 Å². The molecule has 0 radical (unpaired) electrons. The van der Waals surface area contributed by atoms with Crippen molar-refractivity contribution < 1.29 is 0 Å². The van der Waals surface area contributed by atoms with Crippen LogP contribution < -0.4 is 52.4 Å². The van der Waals surface area contributed by atoms with Crippen molar-refractivity contribution in [3.8, 4) is 20.0 Å². The molecule has 0 saturated carbocycles. The molecule has 1 aromatic heterocycles. The van der Waals surface area contributed by atoms with Gasteiger partial charge in [0.2, 0.25) is 0 Å². The summed E-state index contributed by atoms with van der Waals surface area (Å²) in [5.41, 5.74) is 28.2. The number of fused-ring (bicyclic) bond motifs is 11. The van der Waals surface area contributed by atoms with E-state index in [2.05, 4.69) is 267 Å². The summed E-state index contributed by atoms with van der Waals surface area (Å²) in [4.78, 5) is 10.7. The summed E-state index contributed by atoms with van der Waals surface area (Å²) in [5, 5.41) is 0. The Hall–Kier alpha value is -7.69. The van der Waals surface area contributed by atoms with E-state index in [4.69, 9.17) is 0 Å². The third-order valence-electron chi connectivity index (χ3n) is 16.2. The quantitative estimate of drug-likeness (QED) is 0.163. The van der Waals surface area contributed by atoms with Crippen LogP contribution in [0.4, 0.5) is 68.2 Å². The summed E-state index contributed by atoms with van der Waals surface area (Å²) in [6.45, 7) is 14.3. The van der Waals surface area contributed by atoms with E-state index in [1.807, 2.05) is 0 Å². The monoisotopic (exact) mass is 1000 g/mol. The Morgan fingerprint density at radius 2 is 0.644 bits per heavy atom. The first kappa shape index (κ1) is 42.9. The number of rotatable bonds is 4. The fourth-order valence-corrected chi connectivity index (χ4v) is 15.6. The van der Waals surface area contributed by atoms with Crippen LogP contribution in [0.25, 0.3) is 20.0 Å². The Morgan fingerprint density at radius 3 is 1.01 bits per heavy atom. The summed E-state index contributed by atoms with van der Waals surface area (Å²) in [6, 6.07) is 78.5. The van der Waals surface area contributed by atoms with E-state index < -0.39 is 0 Å². The molecule has 0 fully saturated rings. The fraction of sp³-hybridized carbons (Fsp3) is 0.121. The van der Waals surface area contributed by atoms with Crippen LogP contribution in [0, 0.1) is 0 Å². The van der Waals surface area contributed by atoms with Gasteiger partial charge in [0.05, 0.1) is 0 Å². The van der Waals surface area contributed by atoms with E-state index in [1.54, 1.807) is 0 Å². The maximum atomic E-state index is 2.80. The zero-order valence-electron chi connectivity index (χ0n) is 42.0. The minimum absolute atomic E-state index is 0.00882. The second-order valence-corrected chi connectivity index (χ2v) is 24.6. The molecule has 348 valence electrons. The van der Waals surface area contributed by atoms with Crippen LogP contribution in [0.1, 0.15) is 52.7 Å². The SMILES string of the molecule is CC(C)(C)c1cc2c3c(c1)N1c4c(ccc5c4N(c4cc(C(C)(C)C)cc6c4B5c4ccccc4N6c4ccccc4)c4c(-c5ccccc5)[se]c(-c5ccccc5)c41)B3c1ccccc1N2c1ccccc1. The molecule has 0 atom stereocenters. The van der Waals surface area contributed by atoms with Gasteiger partial charge in [-0.25, -0.2) is 0 Å². The van der Waals surface area contributed by atoms with Crippen molar-refractivity contribution in [2.45, 2.75) is 52.4 Å². The molecule has 5 aliphatic heterocycles. The molecule has 4 nitrogen and oxygen atoms in total. The van der Waals surface area contributed by atoms with Gasteiger partial charge in [-0.05, 0) is 0 Å². The molecule has 0 N–H and O–H groups in total. The number of hydrogen-bond acceptors (Lipinski definition) is 4. The second kappa shape index (κ2) is 15.4. The van der Waals surface area contributed by atoms with E-state index in [-0.39, 0.29) is 38.8 Å². The Morgan fingerprint density at radius 1 is 0.315 bits per heavy atom. The van der Waals surface area contributed by atoms with Gasteiger partial charge in [-0.15, -0.1) is 0 Å². The summed E-state index contributed by atoms with van der Waals surface area (Å²) >= 11 is -0.0712. The maximum absolute atomic E-state index is 2.80. The van der Waals surface area contributed by atoms with Crippen molar-refractivity contribution in [2.75, 3.05) is 19.6 Å². The molecule has 0 amide bonds. The normalized spacial score (nSPS) is 14.3. The Bertz CT molecular complexity index is 3660. The first-order chi connectivity index (χ1) is 35.5. The molecule has 5 aliphatic rings. The van der Waals surface area contributed by atoms with Crippen LogP contribution in [-0.4, -0.2) is 27.9 Å². The van der Waals surface area contributed by atoms with Crippen LogP contribution in [-0.2, 0) is 10.8 Å². The Balaban J connectivity index is 1.14. The first-order valence-corrected chi connectivity index (χ1v) is 27.6. The minimum atomic E-state index is -0.141. The van der Waals surface area contributed by atoms with Gasteiger partial charge >= 0.3 is 438 Å². The molecule has 6 heterocycles. The van der Waals surface area contributed by atoms with Crippen LogP contribution in [0.3, 0.4) is 0 Å². The Labute approximate surface area is 435 Å². The number of hydrogen-bond donors (Lipinski definition) is 0. The fourth-order valence-electron chi connectivity index (χ4n) is 12.9. The van der Waals surface area contributed by atoms with Crippen molar-refractivity contribution in [2.24, 2.45) is 0 Å². The third kappa shape index (κ3) is 6.04. The molecule has 15 rings (SSSR count). The molecule has 9 aromatic carbocycles. The predicted molar refractivity (Wildman–Crippen MR) is 313 cm³/mol. The van der Waals surface area contributed by atoms with E-state index in [9.17, 15) is 0 Å².